The molecular weight excluding hydrogens is 237 g/mol. The van der Waals surface area contributed by atoms with Crippen LogP contribution in [-0.2, 0) is 0 Å². The molecule has 0 saturated carbocycles. The second-order valence-corrected chi connectivity index (χ2v) is 4.84. The standard InChI is InChI=1S/C17H20FN/c1-4-17(19-3)14-7-5-13(6-8-14)15-9-10-16(18)12(2)11-15/h5-11,17,19H,4H2,1-3H3. The molecule has 0 aliphatic rings. The first-order chi connectivity index (χ1) is 9.15. The van der Waals surface area contributed by atoms with Crippen molar-refractivity contribution >= 4 is 0 Å². The zero-order valence-electron chi connectivity index (χ0n) is 11.7. The number of benzene rings is 2. The molecule has 0 spiro atoms. The summed E-state index contributed by atoms with van der Waals surface area (Å²) in [6.07, 6.45) is 1.06. The van der Waals surface area contributed by atoms with E-state index in [0.717, 1.165) is 17.5 Å². The lowest BCUT2D eigenvalue weighted by Crippen LogP contribution is -2.14. The summed E-state index contributed by atoms with van der Waals surface area (Å²) in [6.45, 7) is 3.96. The van der Waals surface area contributed by atoms with Gasteiger partial charge < -0.3 is 5.32 Å². The number of halogens is 1. The average molecular weight is 257 g/mol. The maximum Gasteiger partial charge on any atom is 0.126 e. The fraction of sp³-hybridized carbons (Fsp3) is 0.294. The molecule has 2 rings (SSSR count). The van der Waals surface area contributed by atoms with Gasteiger partial charge in [-0.25, -0.2) is 4.39 Å². The summed E-state index contributed by atoms with van der Waals surface area (Å²) in [7, 11) is 1.98. The van der Waals surface area contributed by atoms with Crippen LogP contribution in [0.4, 0.5) is 4.39 Å². The van der Waals surface area contributed by atoms with Crippen molar-refractivity contribution in [1.29, 1.82) is 0 Å². The van der Waals surface area contributed by atoms with E-state index in [-0.39, 0.29) is 5.82 Å². The third-order valence-electron chi connectivity index (χ3n) is 3.56. The lowest BCUT2D eigenvalue weighted by Gasteiger charge is -2.14. The van der Waals surface area contributed by atoms with Gasteiger partial charge in [0.25, 0.3) is 0 Å². The molecule has 0 saturated heterocycles. The van der Waals surface area contributed by atoms with Crippen LogP contribution >= 0.6 is 0 Å². The number of nitrogens with one attached hydrogen (secondary N) is 1. The molecule has 0 bridgehead atoms. The monoisotopic (exact) mass is 257 g/mol. The lowest BCUT2D eigenvalue weighted by molar-refractivity contribution is 0.577. The van der Waals surface area contributed by atoms with E-state index in [2.05, 4.69) is 36.5 Å². The van der Waals surface area contributed by atoms with Crippen molar-refractivity contribution in [2.45, 2.75) is 26.3 Å². The lowest BCUT2D eigenvalue weighted by atomic mass is 9.98. The average Bonchev–Trinajstić information content (AvgIpc) is 2.44. The van der Waals surface area contributed by atoms with E-state index in [4.69, 9.17) is 0 Å². The first kappa shape index (κ1) is 13.8. The van der Waals surface area contributed by atoms with E-state index < -0.39 is 0 Å². The minimum absolute atomic E-state index is 0.151. The summed E-state index contributed by atoms with van der Waals surface area (Å²) in [6, 6.07) is 14.1. The van der Waals surface area contributed by atoms with Crippen LogP contribution in [0.1, 0.15) is 30.5 Å². The fourth-order valence-corrected chi connectivity index (χ4v) is 2.34. The van der Waals surface area contributed by atoms with Crippen molar-refractivity contribution < 1.29 is 4.39 Å². The highest BCUT2D eigenvalue weighted by molar-refractivity contribution is 5.64. The van der Waals surface area contributed by atoms with Gasteiger partial charge >= 0.3 is 0 Å². The summed E-state index contributed by atoms with van der Waals surface area (Å²) in [5, 5.41) is 3.29. The SMILES string of the molecule is CCC(NC)c1ccc(-c2ccc(F)c(C)c2)cc1. The van der Waals surface area contributed by atoms with Crippen LogP contribution in [0, 0.1) is 12.7 Å². The van der Waals surface area contributed by atoms with Gasteiger partial charge in [-0.05, 0) is 54.8 Å². The largest absolute Gasteiger partial charge is 0.313 e. The Labute approximate surface area is 114 Å². The smallest absolute Gasteiger partial charge is 0.126 e. The Morgan fingerprint density at radius 2 is 1.68 bits per heavy atom. The van der Waals surface area contributed by atoms with E-state index in [1.54, 1.807) is 6.92 Å². The van der Waals surface area contributed by atoms with Crippen LogP contribution in [-0.4, -0.2) is 7.05 Å². The normalized spacial score (nSPS) is 12.4. The van der Waals surface area contributed by atoms with Crippen molar-refractivity contribution in [3.63, 3.8) is 0 Å². The van der Waals surface area contributed by atoms with E-state index >= 15 is 0 Å². The van der Waals surface area contributed by atoms with Crippen LogP contribution in [0.5, 0.6) is 0 Å². The fourth-order valence-electron chi connectivity index (χ4n) is 2.34. The van der Waals surface area contributed by atoms with Crippen LogP contribution in [0.25, 0.3) is 11.1 Å². The molecule has 0 aromatic heterocycles. The highest BCUT2D eigenvalue weighted by atomic mass is 19.1. The van der Waals surface area contributed by atoms with Gasteiger partial charge in [0, 0.05) is 6.04 Å². The van der Waals surface area contributed by atoms with Crippen molar-refractivity contribution in [1.82, 2.24) is 5.32 Å². The quantitative estimate of drug-likeness (QED) is 0.852. The molecule has 0 heterocycles. The van der Waals surface area contributed by atoms with Gasteiger partial charge in [0.05, 0.1) is 0 Å². The van der Waals surface area contributed by atoms with E-state index in [0.29, 0.717) is 11.6 Å². The van der Waals surface area contributed by atoms with Crippen molar-refractivity contribution in [3.8, 4) is 11.1 Å². The molecule has 100 valence electrons. The van der Waals surface area contributed by atoms with Crippen molar-refractivity contribution in [3.05, 3.63) is 59.4 Å². The van der Waals surface area contributed by atoms with Crippen LogP contribution in [0.2, 0.25) is 0 Å². The summed E-state index contributed by atoms with van der Waals surface area (Å²) >= 11 is 0. The molecular formula is C17H20FN. The maximum atomic E-state index is 13.3. The molecule has 0 fully saturated rings. The second-order valence-electron chi connectivity index (χ2n) is 4.84. The van der Waals surface area contributed by atoms with Gasteiger partial charge in [0.2, 0.25) is 0 Å². The molecule has 0 amide bonds. The van der Waals surface area contributed by atoms with Gasteiger partial charge in [0.15, 0.2) is 0 Å². The molecule has 19 heavy (non-hydrogen) atoms. The highest BCUT2D eigenvalue weighted by Crippen LogP contribution is 2.24. The third-order valence-corrected chi connectivity index (χ3v) is 3.56. The summed E-state index contributed by atoms with van der Waals surface area (Å²) in [5.74, 6) is -0.151. The minimum Gasteiger partial charge on any atom is -0.313 e. The zero-order valence-corrected chi connectivity index (χ0v) is 11.7. The van der Waals surface area contributed by atoms with E-state index in [1.165, 1.54) is 11.6 Å². The molecule has 2 heteroatoms. The molecule has 1 nitrogen and oxygen atoms in total. The summed E-state index contributed by atoms with van der Waals surface area (Å²) in [5.41, 5.74) is 4.15. The van der Waals surface area contributed by atoms with Crippen molar-refractivity contribution in [2.75, 3.05) is 7.05 Å². The molecule has 0 aliphatic carbocycles. The Morgan fingerprint density at radius 3 is 2.21 bits per heavy atom. The Hall–Kier alpha value is -1.67. The molecule has 1 atom stereocenters. The Kier molecular flexibility index (Phi) is 4.33. The predicted octanol–water partition coefficient (Wildman–Crippen LogP) is 4.47. The predicted molar refractivity (Wildman–Crippen MR) is 78.7 cm³/mol. The molecule has 2 aromatic rings. The highest BCUT2D eigenvalue weighted by Gasteiger charge is 2.07. The van der Waals surface area contributed by atoms with Crippen LogP contribution in [0.15, 0.2) is 42.5 Å². The minimum atomic E-state index is -0.151. The second kappa shape index (κ2) is 5.98. The zero-order chi connectivity index (χ0) is 13.8. The topological polar surface area (TPSA) is 12.0 Å². The molecule has 0 aliphatic heterocycles. The van der Waals surface area contributed by atoms with E-state index in [1.807, 2.05) is 19.2 Å². The van der Waals surface area contributed by atoms with Gasteiger partial charge in [-0.15, -0.1) is 0 Å². The Morgan fingerprint density at radius 1 is 1.05 bits per heavy atom. The number of hydrogen-bond acceptors (Lipinski definition) is 1. The molecule has 1 unspecified atom stereocenters. The van der Waals surface area contributed by atoms with Gasteiger partial charge in [-0.3, -0.25) is 0 Å². The third kappa shape index (κ3) is 3.02. The Bertz CT molecular complexity index is 542. The van der Waals surface area contributed by atoms with Gasteiger partial charge in [0.1, 0.15) is 5.82 Å². The molecule has 2 aromatic carbocycles. The molecule has 0 radical (unpaired) electrons. The van der Waals surface area contributed by atoms with Crippen LogP contribution < -0.4 is 5.32 Å². The number of aryl methyl sites for hydroxylation is 1. The summed E-state index contributed by atoms with van der Waals surface area (Å²) in [4.78, 5) is 0. The maximum absolute atomic E-state index is 13.3. The van der Waals surface area contributed by atoms with E-state index in [9.17, 15) is 4.39 Å². The number of rotatable bonds is 4. The first-order valence-electron chi connectivity index (χ1n) is 6.69. The van der Waals surface area contributed by atoms with Crippen LogP contribution in [0.3, 0.4) is 0 Å². The first-order valence-corrected chi connectivity index (χ1v) is 6.69. The van der Waals surface area contributed by atoms with Gasteiger partial charge in [-0.2, -0.15) is 0 Å². The Balaban J connectivity index is 2.29. The van der Waals surface area contributed by atoms with Crippen molar-refractivity contribution in [2.24, 2.45) is 0 Å². The van der Waals surface area contributed by atoms with Gasteiger partial charge in [-0.1, -0.05) is 37.3 Å². The number of hydrogen-bond donors (Lipinski definition) is 1. The summed E-state index contributed by atoms with van der Waals surface area (Å²) < 4.78 is 13.3. The molecule has 1 N–H and O–H groups in total.